The van der Waals surface area contributed by atoms with Crippen LogP contribution in [0.1, 0.15) is 26.7 Å². The Morgan fingerprint density at radius 2 is 2.24 bits per heavy atom. The lowest BCUT2D eigenvalue weighted by molar-refractivity contribution is -0.0507. The number of alkyl halides is 2. The van der Waals surface area contributed by atoms with Crippen molar-refractivity contribution in [2.75, 3.05) is 32.8 Å². The van der Waals surface area contributed by atoms with E-state index in [2.05, 4.69) is 17.1 Å². The first-order valence-corrected chi connectivity index (χ1v) is 6.43. The Bertz CT molecular complexity index is 227. The van der Waals surface area contributed by atoms with E-state index >= 15 is 0 Å². The Kier molecular flexibility index (Phi) is 5.76. The Hall–Kier alpha value is -0.260. The zero-order valence-corrected chi connectivity index (χ0v) is 10.8. The zero-order valence-electron chi connectivity index (χ0n) is 10.8. The smallest absolute Gasteiger partial charge is 0.282 e. The van der Waals surface area contributed by atoms with Gasteiger partial charge in [-0.25, -0.2) is 8.78 Å². The highest BCUT2D eigenvalue weighted by atomic mass is 19.3. The largest absolute Gasteiger partial charge is 0.390 e. The van der Waals surface area contributed by atoms with E-state index in [0.29, 0.717) is 5.92 Å². The lowest BCUT2D eigenvalue weighted by Crippen LogP contribution is -2.47. The maximum atomic E-state index is 12.9. The summed E-state index contributed by atoms with van der Waals surface area (Å²) in [4.78, 5) is 2.36. The van der Waals surface area contributed by atoms with E-state index in [1.165, 1.54) is 0 Å². The number of aliphatic hydroxyl groups excluding tert-OH is 1. The van der Waals surface area contributed by atoms with Gasteiger partial charge in [0.25, 0.3) is 5.92 Å². The van der Waals surface area contributed by atoms with Gasteiger partial charge in [-0.2, -0.15) is 0 Å². The first-order valence-electron chi connectivity index (χ1n) is 6.43. The summed E-state index contributed by atoms with van der Waals surface area (Å²) in [6.45, 7) is 5.68. The molecular weight excluding hydrogens is 226 g/mol. The van der Waals surface area contributed by atoms with Crippen LogP contribution in [0.3, 0.4) is 0 Å². The predicted molar refractivity (Wildman–Crippen MR) is 64.3 cm³/mol. The molecule has 5 heteroatoms. The molecule has 1 aliphatic heterocycles. The second-order valence-electron chi connectivity index (χ2n) is 4.98. The molecule has 0 spiro atoms. The fraction of sp³-hybridized carbons (Fsp3) is 1.00. The molecule has 17 heavy (non-hydrogen) atoms. The van der Waals surface area contributed by atoms with Gasteiger partial charge in [-0.3, -0.25) is 0 Å². The van der Waals surface area contributed by atoms with Crippen molar-refractivity contribution in [3.05, 3.63) is 0 Å². The number of halogens is 2. The number of rotatable bonds is 6. The standard InChI is InChI=1S/C12H24F2N2O/c1-3-16-6-4-5-11(7-16)10(2)15-8-12(13,14)9-17/h10-11,15,17H,3-9H2,1-2H3. The van der Waals surface area contributed by atoms with Gasteiger partial charge in [-0.05, 0) is 38.8 Å². The quantitative estimate of drug-likeness (QED) is 0.746. The van der Waals surface area contributed by atoms with Crippen LogP contribution >= 0.6 is 0 Å². The molecule has 2 unspecified atom stereocenters. The van der Waals surface area contributed by atoms with Crippen molar-refractivity contribution in [2.45, 2.75) is 38.7 Å². The highest BCUT2D eigenvalue weighted by molar-refractivity contribution is 4.81. The molecule has 1 aliphatic rings. The van der Waals surface area contributed by atoms with Crippen LogP contribution in [0.25, 0.3) is 0 Å². The molecule has 1 fully saturated rings. The van der Waals surface area contributed by atoms with Gasteiger partial charge in [0.05, 0.1) is 6.54 Å². The summed E-state index contributed by atoms with van der Waals surface area (Å²) in [6.07, 6.45) is 2.23. The number of piperidine rings is 1. The molecule has 0 aromatic rings. The Balaban J connectivity index is 2.34. The highest BCUT2D eigenvalue weighted by Gasteiger charge is 2.30. The van der Waals surface area contributed by atoms with E-state index in [1.54, 1.807) is 0 Å². The van der Waals surface area contributed by atoms with E-state index < -0.39 is 19.1 Å². The van der Waals surface area contributed by atoms with Crippen molar-refractivity contribution < 1.29 is 13.9 Å². The van der Waals surface area contributed by atoms with Crippen molar-refractivity contribution in [1.29, 1.82) is 0 Å². The van der Waals surface area contributed by atoms with Crippen LogP contribution in [0.4, 0.5) is 8.78 Å². The van der Waals surface area contributed by atoms with Crippen molar-refractivity contribution in [1.82, 2.24) is 10.2 Å². The van der Waals surface area contributed by atoms with Crippen molar-refractivity contribution in [2.24, 2.45) is 5.92 Å². The first-order chi connectivity index (χ1) is 7.98. The second-order valence-corrected chi connectivity index (χ2v) is 4.98. The average Bonchev–Trinajstić information content (AvgIpc) is 2.36. The highest BCUT2D eigenvalue weighted by Crippen LogP contribution is 2.20. The molecule has 0 aromatic heterocycles. The fourth-order valence-corrected chi connectivity index (χ4v) is 2.32. The van der Waals surface area contributed by atoms with Crippen molar-refractivity contribution >= 4 is 0 Å². The lowest BCUT2D eigenvalue weighted by Gasteiger charge is -2.35. The third-order valence-electron chi connectivity index (χ3n) is 3.61. The van der Waals surface area contributed by atoms with Gasteiger partial charge in [0.15, 0.2) is 0 Å². The Morgan fingerprint density at radius 1 is 1.53 bits per heavy atom. The molecule has 0 aromatic carbocycles. The summed E-state index contributed by atoms with van der Waals surface area (Å²) in [7, 11) is 0. The topological polar surface area (TPSA) is 35.5 Å². The van der Waals surface area contributed by atoms with E-state index in [9.17, 15) is 8.78 Å². The normalized spacial score (nSPS) is 24.9. The van der Waals surface area contributed by atoms with Crippen LogP contribution in [0, 0.1) is 5.92 Å². The third kappa shape index (κ3) is 4.85. The molecule has 1 rings (SSSR count). The maximum absolute atomic E-state index is 12.9. The average molecular weight is 250 g/mol. The number of aliphatic hydroxyl groups is 1. The molecular formula is C12H24F2N2O. The number of likely N-dealkylation sites (tertiary alicyclic amines) is 1. The lowest BCUT2D eigenvalue weighted by atomic mass is 9.91. The summed E-state index contributed by atoms with van der Waals surface area (Å²) < 4.78 is 25.8. The number of nitrogens with one attached hydrogen (secondary N) is 1. The summed E-state index contributed by atoms with van der Waals surface area (Å²) in [5, 5.41) is 11.4. The van der Waals surface area contributed by atoms with Crippen LogP contribution in [0.5, 0.6) is 0 Å². The van der Waals surface area contributed by atoms with Gasteiger partial charge in [0, 0.05) is 12.6 Å². The van der Waals surface area contributed by atoms with Gasteiger partial charge in [-0.15, -0.1) is 0 Å². The minimum atomic E-state index is -3.01. The molecule has 0 bridgehead atoms. The molecule has 102 valence electrons. The Morgan fingerprint density at radius 3 is 2.82 bits per heavy atom. The molecule has 1 heterocycles. The SMILES string of the molecule is CCN1CCCC(C(C)NCC(F)(F)CO)C1. The van der Waals surface area contributed by atoms with Crippen molar-refractivity contribution in [3.63, 3.8) is 0 Å². The van der Waals surface area contributed by atoms with E-state index in [1.807, 2.05) is 6.92 Å². The van der Waals surface area contributed by atoms with Gasteiger partial charge in [0.1, 0.15) is 6.61 Å². The van der Waals surface area contributed by atoms with Gasteiger partial charge >= 0.3 is 0 Å². The predicted octanol–water partition coefficient (Wildman–Crippen LogP) is 1.32. The molecule has 0 amide bonds. The van der Waals surface area contributed by atoms with Crippen LogP contribution in [-0.2, 0) is 0 Å². The fourth-order valence-electron chi connectivity index (χ4n) is 2.32. The van der Waals surface area contributed by atoms with Gasteiger partial charge < -0.3 is 15.3 Å². The summed E-state index contributed by atoms with van der Waals surface area (Å²) >= 11 is 0. The van der Waals surface area contributed by atoms with Crippen molar-refractivity contribution in [3.8, 4) is 0 Å². The second kappa shape index (κ2) is 6.61. The van der Waals surface area contributed by atoms with Crippen LogP contribution in [-0.4, -0.2) is 54.8 Å². The number of nitrogens with zero attached hydrogens (tertiary/aromatic N) is 1. The monoisotopic (exact) mass is 250 g/mol. The number of hydrogen-bond donors (Lipinski definition) is 2. The summed E-state index contributed by atoms with van der Waals surface area (Å²) in [6, 6.07) is 0.0711. The van der Waals surface area contributed by atoms with E-state index in [-0.39, 0.29) is 6.04 Å². The minimum Gasteiger partial charge on any atom is -0.390 e. The first kappa shape index (κ1) is 14.8. The summed E-state index contributed by atoms with van der Waals surface area (Å²) in [5.41, 5.74) is 0. The number of hydrogen-bond acceptors (Lipinski definition) is 3. The molecule has 0 saturated carbocycles. The van der Waals surface area contributed by atoms with Crippen LogP contribution in [0.15, 0.2) is 0 Å². The minimum absolute atomic E-state index is 0.0711. The molecule has 2 N–H and O–H groups in total. The molecule has 2 atom stereocenters. The van der Waals surface area contributed by atoms with Crippen LogP contribution < -0.4 is 5.32 Å². The third-order valence-corrected chi connectivity index (χ3v) is 3.61. The molecule has 0 radical (unpaired) electrons. The maximum Gasteiger partial charge on any atom is 0.282 e. The van der Waals surface area contributed by atoms with E-state index in [0.717, 1.165) is 32.5 Å². The zero-order chi connectivity index (χ0) is 12.9. The molecule has 1 saturated heterocycles. The van der Waals surface area contributed by atoms with E-state index in [4.69, 9.17) is 5.11 Å². The molecule has 3 nitrogen and oxygen atoms in total. The van der Waals surface area contributed by atoms with Crippen LogP contribution in [0.2, 0.25) is 0 Å². The summed E-state index contributed by atoms with van der Waals surface area (Å²) in [5.74, 6) is -2.58. The Labute approximate surface area is 102 Å². The molecule has 0 aliphatic carbocycles. The van der Waals surface area contributed by atoms with Gasteiger partial charge in [0.2, 0.25) is 0 Å². The van der Waals surface area contributed by atoms with Gasteiger partial charge in [-0.1, -0.05) is 6.92 Å².